The van der Waals surface area contributed by atoms with Crippen LogP contribution in [0.25, 0.3) is 10.9 Å². The topological polar surface area (TPSA) is 27.8 Å². The third-order valence-electron chi connectivity index (χ3n) is 2.84. The zero-order valence-electron chi connectivity index (χ0n) is 8.94. The number of hydrogen-bond acceptors (Lipinski definition) is 1. The minimum atomic E-state index is 0.919. The largest absolute Gasteiger partial charge is 0.361 e. The number of aromatic nitrogens is 1. The Bertz CT molecular complexity index is 455. The van der Waals surface area contributed by atoms with E-state index in [-0.39, 0.29) is 0 Å². The first-order chi connectivity index (χ1) is 6.74. The van der Waals surface area contributed by atoms with Gasteiger partial charge in [0.15, 0.2) is 0 Å². The summed E-state index contributed by atoms with van der Waals surface area (Å²) in [4.78, 5) is 3.34. The highest BCUT2D eigenvalue weighted by Gasteiger charge is 2.05. The van der Waals surface area contributed by atoms with Crippen LogP contribution in [-0.4, -0.2) is 12.0 Å². The monoisotopic (exact) mass is 188 g/mol. The molecule has 0 unspecified atom stereocenters. The zero-order valence-corrected chi connectivity index (χ0v) is 8.94. The Kier molecular flexibility index (Phi) is 2.30. The molecule has 1 heterocycles. The summed E-state index contributed by atoms with van der Waals surface area (Å²) in [5.74, 6) is 0. The summed E-state index contributed by atoms with van der Waals surface area (Å²) in [6.45, 7) is 5.23. The SMILES string of the molecule is CNCc1c[nH]c2c(C)c(C)ccc12. The van der Waals surface area contributed by atoms with Gasteiger partial charge >= 0.3 is 0 Å². The number of benzene rings is 1. The summed E-state index contributed by atoms with van der Waals surface area (Å²) in [6, 6.07) is 4.38. The molecule has 0 radical (unpaired) electrons. The summed E-state index contributed by atoms with van der Waals surface area (Å²) in [5, 5.41) is 4.51. The van der Waals surface area contributed by atoms with Crippen LogP contribution in [0.5, 0.6) is 0 Å². The van der Waals surface area contributed by atoms with Crippen LogP contribution in [0.3, 0.4) is 0 Å². The van der Waals surface area contributed by atoms with Crippen molar-refractivity contribution in [3.8, 4) is 0 Å². The normalized spacial score (nSPS) is 11.1. The lowest BCUT2D eigenvalue weighted by molar-refractivity contribution is 0.823. The second-order valence-corrected chi connectivity index (χ2v) is 3.77. The van der Waals surface area contributed by atoms with Crippen LogP contribution in [0.15, 0.2) is 18.3 Å². The van der Waals surface area contributed by atoms with Crippen molar-refractivity contribution in [2.75, 3.05) is 7.05 Å². The first kappa shape index (κ1) is 9.28. The minimum Gasteiger partial charge on any atom is -0.361 e. The molecule has 1 aromatic carbocycles. The van der Waals surface area contributed by atoms with Gasteiger partial charge in [0.2, 0.25) is 0 Å². The lowest BCUT2D eigenvalue weighted by Crippen LogP contribution is -2.03. The second kappa shape index (κ2) is 3.46. The van der Waals surface area contributed by atoms with Gasteiger partial charge in [-0.2, -0.15) is 0 Å². The molecular weight excluding hydrogens is 172 g/mol. The summed E-state index contributed by atoms with van der Waals surface area (Å²) >= 11 is 0. The average molecular weight is 188 g/mol. The van der Waals surface area contributed by atoms with Gasteiger partial charge in [0.05, 0.1) is 0 Å². The maximum atomic E-state index is 3.34. The standard InChI is InChI=1S/C12H16N2/c1-8-4-5-11-10(6-13-3)7-14-12(11)9(8)2/h4-5,7,13-14H,6H2,1-3H3. The molecule has 0 bridgehead atoms. The molecule has 2 N–H and O–H groups in total. The van der Waals surface area contributed by atoms with Crippen molar-refractivity contribution >= 4 is 10.9 Å². The molecule has 2 heteroatoms. The van der Waals surface area contributed by atoms with E-state index in [1.54, 1.807) is 0 Å². The Morgan fingerprint density at radius 1 is 1.29 bits per heavy atom. The van der Waals surface area contributed by atoms with Gasteiger partial charge < -0.3 is 10.3 Å². The molecule has 0 fully saturated rings. The Morgan fingerprint density at radius 3 is 2.79 bits per heavy atom. The van der Waals surface area contributed by atoms with Gasteiger partial charge in [-0.05, 0) is 37.6 Å². The molecule has 0 aliphatic heterocycles. The second-order valence-electron chi connectivity index (χ2n) is 3.77. The molecule has 2 nitrogen and oxygen atoms in total. The first-order valence-electron chi connectivity index (χ1n) is 4.95. The smallest absolute Gasteiger partial charge is 0.0489 e. The van der Waals surface area contributed by atoms with Crippen molar-refractivity contribution in [3.63, 3.8) is 0 Å². The quantitative estimate of drug-likeness (QED) is 0.744. The highest BCUT2D eigenvalue weighted by Crippen LogP contribution is 2.23. The summed E-state index contributed by atoms with van der Waals surface area (Å²) in [5.41, 5.74) is 5.31. The average Bonchev–Trinajstić information content (AvgIpc) is 2.57. The fraction of sp³-hybridized carbons (Fsp3) is 0.333. The number of nitrogens with one attached hydrogen (secondary N) is 2. The van der Waals surface area contributed by atoms with Crippen LogP contribution >= 0.6 is 0 Å². The van der Waals surface area contributed by atoms with E-state index in [1.165, 1.54) is 27.6 Å². The lowest BCUT2D eigenvalue weighted by atomic mass is 10.1. The first-order valence-corrected chi connectivity index (χ1v) is 4.95. The molecule has 2 rings (SSSR count). The zero-order chi connectivity index (χ0) is 10.1. The Labute approximate surface area is 84.3 Å². The highest BCUT2D eigenvalue weighted by atomic mass is 14.8. The van der Waals surface area contributed by atoms with Crippen LogP contribution in [0.1, 0.15) is 16.7 Å². The maximum absolute atomic E-state index is 3.34. The van der Waals surface area contributed by atoms with Crippen molar-refractivity contribution in [2.24, 2.45) is 0 Å². The molecule has 14 heavy (non-hydrogen) atoms. The van der Waals surface area contributed by atoms with Gasteiger partial charge in [-0.15, -0.1) is 0 Å². The van der Waals surface area contributed by atoms with Crippen LogP contribution < -0.4 is 5.32 Å². The van der Waals surface area contributed by atoms with Crippen molar-refractivity contribution in [3.05, 3.63) is 35.0 Å². The van der Waals surface area contributed by atoms with Crippen LogP contribution in [-0.2, 0) is 6.54 Å². The molecule has 2 aromatic rings. The van der Waals surface area contributed by atoms with E-state index in [4.69, 9.17) is 0 Å². The third kappa shape index (κ3) is 1.32. The van der Waals surface area contributed by atoms with E-state index in [2.05, 4.69) is 42.5 Å². The fourth-order valence-electron chi connectivity index (χ4n) is 1.84. The predicted molar refractivity (Wildman–Crippen MR) is 60.5 cm³/mol. The minimum absolute atomic E-state index is 0.919. The van der Waals surface area contributed by atoms with E-state index < -0.39 is 0 Å². The van der Waals surface area contributed by atoms with Crippen LogP contribution in [0, 0.1) is 13.8 Å². The number of fused-ring (bicyclic) bond motifs is 1. The lowest BCUT2D eigenvalue weighted by Gasteiger charge is -2.02. The van der Waals surface area contributed by atoms with E-state index in [1.807, 2.05) is 7.05 Å². The Hall–Kier alpha value is -1.28. The van der Waals surface area contributed by atoms with Crippen molar-refractivity contribution in [1.29, 1.82) is 0 Å². The third-order valence-corrected chi connectivity index (χ3v) is 2.84. The van der Waals surface area contributed by atoms with Gasteiger partial charge in [0.25, 0.3) is 0 Å². The van der Waals surface area contributed by atoms with E-state index in [9.17, 15) is 0 Å². The maximum Gasteiger partial charge on any atom is 0.0489 e. The van der Waals surface area contributed by atoms with Crippen molar-refractivity contribution < 1.29 is 0 Å². The highest BCUT2D eigenvalue weighted by molar-refractivity contribution is 5.86. The molecule has 0 atom stereocenters. The van der Waals surface area contributed by atoms with Gasteiger partial charge in [-0.1, -0.05) is 12.1 Å². The van der Waals surface area contributed by atoms with Gasteiger partial charge in [0, 0.05) is 23.6 Å². The molecule has 0 amide bonds. The van der Waals surface area contributed by atoms with E-state index in [0.29, 0.717) is 0 Å². The number of rotatable bonds is 2. The molecular formula is C12H16N2. The van der Waals surface area contributed by atoms with Crippen molar-refractivity contribution in [2.45, 2.75) is 20.4 Å². The van der Waals surface area contributed by atoms with Crippen LogP contribution in [0.4, 0.5) is 0 Å². The van der Waals surface area contributed by atoms with E-state index in [0.717, 1.165) is 6.54 Å². The molecule has 0 aliphatic carbocycles. The summed E-state index contributed by atoms with van der Waals surface area (Å²) in [7, 11) is 1.97. The predicted octanol–water partition coefficient (Wildman–Crippen LogP) is 2.50. The molecule has 0 aliphatic rings. The van der Waals surface area contributed by atoms with Gasteiger partial charge in [0.1, 0.15) is 0 Å². The number of H-pyrrole nitrogens is 1. The fourth-order valence-corrected chi connectivity index (χ4v) is 1.84. The molecule has 0 saturated heterocycles. The van der Waals surface area contributed by atoms with Crippen LogP contribution in [0.2, 0.25) is 0 Å². The number of hydrogen-bond donors (Lipinski definition) is 2. The van der Waals surface area contributed by atoms with Gasteiger partial charge in [-0.3, -0.25) is 0 Å². The Morgan fingerprint density at radius 2 is 2.07 bits per heavy atom. The molecule has 0 spiro atoms. The molecule has 0 saturated carbocycles. The molecule has 74 valence electrons. The number of aryl methyl sites for hydroxylation is 2. The molecule has 1 aromatic heterocycles. The van der Waals surface area contributed by atoms with Crippen molar-refractivity contribution in [1.82, 2.24) is 10.3 Å². The summed E-state index contributed by atoms with van der Waals surface area (Å²) in [6.07, 6.45) is 2.09. The number of aromatic amines is 1. The Balaban J connectivity index is 2.64. The van der Waals surface area contributed by atoms with E-state index >= 15 is 0 Å². The summed E-state index contributed by atoms with van der Waals surface area (Å²) < 4.78 is 0. The van der Waals surface area contributed by atoms with Gasteiger partial charge in [-0.25, -0.2) is 0 Å².